The van der Waals surface area contributed by atoms with E-state index in [0.717, 1.165) is 96.3 Å². The lowest BCUT2D eigenvalue weighted by molar-refractivity contribution is -0.870. The number of nitrogens with zero attached hydrogens (tertiary/aromatic N) is 1. The Labute approximate surface area is 449 Å². The highest BCUT2D eigenvalue weighted by Crippen LogP contribution is 2.43. The van der Waals surface area contributed by atoms with Crippen LogP contribution in [0.15, 0.2) is 134 Å². The number of allylic oxidation sites excluding steroid dienone is 21. The second kappa shape index (κ2) is 53.5. The van der Waals surface area contributed by atoms with Crippen LogP contribution < -0.4 is 5.32 Å². The number of aliphatic hydroxyl groups is 1. The maximum Gasteiger partial charge on any atom is 0.472 e. The summed E-state index contributed by atoms with van der Waals surface area (Å²) in [7, 11) is 1.54. The van der Waals surface area contributed by atoms with Crippen molar-refractivity contribution in [3.63, 3.8) is 0 Å². The standard InChI is InChI=1S/C64H109N2O6P/c1-6-8-10-12-14-16-18-19-20-21-22-23-24-25-26-27-28-29-30-31-32-33-34-35-36-37-38-39-40-41-42-43-44-45-46-47-48-50-52-54-56-58-64(68)65-62(61-72-73(69,70)71-60-59-66(3,4)5)63(67)57-55-53-51-49-17-15-13-11-9-7-2/h8,10,14,16-17,19-20,22-23,25-26,28-29,31-32,34-35,37-38,49,55,57,62-63,67H,6-7,9,11-13,15,18,21,24,27,30,33,36,39-48,50-54,56,58-61H2,1-5H3,(H-,65,68,69,70)/p+1/b10-8-,16-14-,20-19-,23-22-,26-25-,29-28-,32-31-,35-34-,38-37-,49-17+,57-55+. The third kappa shape index (κ3) is 56.2. The van der Waals surface area contributed by atoms with Gasteiger partial charge in [-0.2, -0.15) is 0 Å². The Bertz CT molecular complexity index is 1640. The first-order valence-electron chi connectivity index (χ1n) is 29.1. The number of hydrogen-bond acceptors (Lipinski definition) is 5. The number of quaternary nitrogens is 1. The van der Waals surface area contributed by atoms with Crippen LogP contribution >= 0.6 is 7.82 Å². The third-order valence-electron chi connectivity index (χ3n) is 12.1. The topological polar surface area (TPSA) is 105 Å². The maximum atomic E-state index is 12.9. The van der Waals surface area contributed by atoms with Crippen molar-refractivity contribution in [2.24, 2.45) is 0 Å². The van der Waals surface area contributed by atoms with Gasteiger partial charge in [0.2, 0.25) is 5.91 Å². The Morgan fingerprint density at radius 3 is 1.26 bits per heavy atom. The van der Waals surface area contributed by atoms with E-state index >= 15 is 0 Å². The minimum Gasteiger partial charge on any atom is -0.387 e. The summed E-state index contributed by atoms with van der Waals surface area (Å²) in [5.41, 5.74) is 0. The molecule has 0 spiro atoms. The number of carbonyl (C=O) groups excluding carboxylic acids is 1. The lowest BCUT2D eigenvalue weighted by Crippen LogP contribution is -2.45. The average Bonchev–Trinajstić information content (AvgIpc) is 3.35. The fourth-order valence-electron chi connectivity index (χ4n) is 7.58. The van der Waals surface area contributed by atoms with Gasteiger partial charge in [0.25, 0.3) is 0 Å². The number of nitrogens with one attached hydrogen (secondary N) is 1. The van der Waals surface area contributed by atoms with E-state index in [0.29, 0.717) is 17.4 Å². The normalized spacial score (nSPS) is 14.9. The second-order valence-electron chi connectivity index (χ2n) is 20.3. The van der Waals surface area contributed by atoms with E-state index in [9.17, 15) is 19.4 Å². The van der Waals surface area contributed by atoms with Crippen LogP contribution in [-0.4, -0.2) is 73.4 Å². The van der Waals surface area contributed by atoms with Crippen LogP contribution in [0.2, 0.25) is 0 Å². The third-order valence-corrected chi connectivity index (χ3v) is 13.1. The van der Waals surface area contributed by atoms with Gasteiger partial charge in [-0.15, -0.1) is 0 Å². The monoisotopic (exact) mass is 1030 g/mol. The molecule has 0 aliphatic carbocycles. The van der Waals surface area contributed by atoms with Crippen molar-refractivity contribution in [1.29, 1.82) is 0 Å². The van der Waals surface area contributed by atoms with Crippen LogP contribution in [0.1, 0.15) is 213 Å². The predicted octanol–water partition coefficient (Wildman–Crippen LogP) is 17.9. The largest absolute Gasteiger partial charge is 0.472 e. The number of phosphoric ester groups is 1. The summed E-state index contributed by atoms with van der Waals surface area (Å²) in [6, 6.07) is -0.870. The number of rotatable bonds is 51. The lowest BCUT2D eigenvalue weighted by atomic mass is 10.0. The molecule has 0 heterocycles. The Balaban J connectivity index is 4.00. The van der Waals surface area contributed by atoms with Gasteiger partial charge in [0.15, 0.2) is 0 Å². The van der Waals surface area contributed by atoms with Crippen LogP contribution in [0.3, 0.4) is 0 Å². The molecule has 0 saturated carbocycles. The maximum absolute atomic E-state index is 12.9. The van der Waals surface area contributed by atoms with Crippen LogP contribution in [-0.2, 0) is 18.4 Å². The van der Waals surface area contributed by atoms with Gasteiger partial charge in [-0.1, -0.05) is 237 Å². The molecule has 0 aliphatic heterocycles. The quantitative estimate of drug-likeness (QED) is 0.0243. The highest BCUT2D eigenvalue weighted by molar-refractivity contribution is 7.47. The first-order valence-corrected chi connectivity index (χ1v) is 30.6. The number of hydrogen-bond donors (Lipinski definition) is 3. The van der Waals surface area contributed by atoms with E-state index in [2.05, 4.69) is 141 Å². The van der Waals surface area contributed by atoms with Gasteiger partial charge < -0.3 is 19.8 Å². The molecule has 0 aromatic heterocycles. The molecule has 3 unspecified atom stereocenters. The predicted molar refractivity (Wildman–Crippen MR) is 318 cm³/mol. The minimum absolute atomic E-state index is 0.0504. The molecular weight excluding hydrogens is 924 g/mol. The van der Waals surface area contributed by atoms with Crippen molar-refractivity contribution < 1.29 is 32.9 Å². The van der Waals surface area contributed by atoms with E-state index in [1.165, 1.54) is 96.3 Å². The number of unbranched alkanes of at least 4 members (excludes halogenated alkanes) is 18. The molecule has 8 nitrogen and oxygen atoms in total. The Morgan fingerprint density at radius 2 is 0.836 bits per heavy atom. The van der Waals surface area contributed by atoms with Crippen molar-refractivity contribution in [3.8, 4) is 0 Å². The summed E-state index contributed by atoms with van der Waals surface area (Å²) in [6.07, 6.45) is 81.5. The molecular formula is C64H110N2O6P+. The summed E-state index contributed by atoms with van der Waals surface area (Å²) < 4.78 is 23.6. The molecule has 0 saturated heterocycles. The Kier molecular flexibility index (Phi) is 51.0. The van der Waals surface area contributed by atoms with Gasteiger partial charge >= 0.3 is 7.82 Å². The molecule has 0 aromatic carbocycles. The van der Waals surface area contributed by atoms with Crippen molar-refractivity contribution in [2.75, 3.05) is 40.9 Å². The first kappa shape index (κ1) is 69.6. The van der Waals surface area contributed by atoms with Crippen LogP contribution in [0, 0.1) is 0 Å². The summed E-state index contributed by atoms with van der Waals surface area (Å²) in [6.45, 7) is 4.62. The highest BCUT2D eigenvalue weighted by Gasteiger charge is 2.27. The van der Waals surface area contributed by atoms with E-state index < -0.39 is 20.0 Å². The Hall–Kier alpha value is -3.36. The molecule has 416 valence electrons. The molecule has 0 aromatic rings. The number of aliphatic hydroxyl groups excluding tert-OH is 1. The van der Waals surface area contributed by atoms with Crippen molar-refractivity contribution in [1.82, 2.24) is 5.32 Å². The van der Waals surface area contributed by atoms with Gasteiger partial charge in [-0.25, -0.2) is 4.57 Å². The lowest BCUT2D eigenvalue weighted by Gasteiger charge is -2.25. The smallest absolute Gasteiger partial charge is 0.387 e. The van der Waals surface area contributed by atoms with Crippen molar-refractivity contribution in [3.05, 3.63) is 134 Å². The number of carbonyl (C=O) groups is 1. The van der Waals surface area contributed by atoms with Gasteiger partial charge in [0.05, 0.1) is 39.9 Å². The first-order chi connectivity index (χ1) is 35.5. The van der Waals surface area contributed by atoms with Crippen molar-refractivity contribution >= 4 is 13.7 Å². The molecule has 0 rings (SSSR count). The summed E-state index contributed by atoms with van der Waals surface area (Å²) in [4.78, 5) is 23.2. The van der Waals surface area contributed by atoms with E-state index in [-0.39, 0.29) is 19.1 Å². The van der Waals surface area contributed by atoms with Crippen LogP contribution in [0.4, 0.5) is 0 Å². The van der Waals surface area contributed by atoms with Gasteiger partial charge in [0, 0.05) is 6.42 Å². The van der Waals surface area contributed by atoms with E-state index in [1.54, 1.807) is 6.08 Å². The van der Waals surface area contributed by atoms with Gasteiger partial charge in [0.1, 0.15) is 13.2 Å². The van der Waals surface area contributed by atoms with E-state index in [1.807, 2.05) is 27.2 Å². The van der Waals surface area contributed by atoms with E-state index in [4.69, 9.17) is 9.05 Å². The molecule has 73 heavy (non-hydrogen) atoms. The van der Waals surface area contributed by atoms with Gasteiger partial charge in [-0.3, -0.25) is 13.8 Å². The van der Waals surface area contributed by atoms with Crippen LogP contribution in [0.5, 0.6) is 0 Å². The summed E-state index contributed by atoms with van der Waals surface area (Å²) in [5, 5.41) is 13.8. The van der Waals surface area contributed by atoms with Gasteiger partial charge in [-0.05, 0) is 103 Å². The fourth-order valence-corrected chi connectivity index (χ4v) is 8.31. The van der Waals surface area contributed by atoms with Crippen molar-refractivity contribution in [2.45, 2.75) is 225 Å². The number of phosphoric acid groups is 1. The molecule has 0 fully saturated rings. The summed E-state index contributed by atoms with van der Waals surface area (Å²) in [5.74, 6) is -0.196. The zero-order chi connectivity index (χ0) is 53.5. The second-order valence-corrected chi connectivity index (χ2v) is 21.7. The number of likely N-dealkylation sites (N-methyl/N-ethyl adjacent to an activating group) is 1. The highest BCUT2D eigenvalue weighted by atomic mass is 31.2. The molecule has 3 atom stereocenters. The molecule has 0 radical (unpaired) electrons. The number of amides is 1. The SMILES string of the molecule is CC/C=C\C/C=C\C/C=C\C/C=C\C/C=C\C/C=C\C/C=C\C/C=C\C/C=C\CCCCCCCCCCCCCCCC(=O)NC(COP(=O)(O)OCC[N+](C)(C)C)C(O)/C=C/CC/C=C/CCCCCC. The molecule has 9 heteroatoms. The zero-order valence-corrected chi connectivity index (χ0v) is 48.2. The summed E-state index contributed by atoms with van der Waals surface area (Å²) >= 11 is 0. The molecule has 3 N–H and O–H groups in total. The molecule has 0 aliphatic rings. The Morgan fingerprint density at radius 1 is 0.479 bits per heavy atom. The molecule has 0 bridgehead atoms. The minimum atomic E-state index is -4.35. The van der Waals surface area contributed by atoms with Crippen LogP contribution in [0.25, 0.3) is 0 Å². The zero-order valence-electron chi connectivity index (χ0n) is 47.3. The average molecular weight is 1030 g/mol. The molecule has 1 amide bonds. The fraction of sp³-hybridized carbons (Fsp3) is 0.641.